The molecule has 1 aromatic heterocycles. The van der Waals surface area contributed by atoms with Crippen LogP contribution in [-0.2, 0) is 20.9 Å². The van der Waals surface area contributed by atoms with Crippen LogP contribution >= 0.6 is 0 Å². The molecule has 45 heavy (non-hydrogen) atoms. The molecule has 2 aliphatic rings. The molecule has 0 radical (unpaired) electrons. The van der Waals surface area contributed by atoms with E-state index in [-0.39, 0.29) is 23.8 Å². The quantitative estimate of drug-likeness (QED) is 0.170. The van der Waals surface area contributed by atoms with Crippen molar-refractivity contribution in [2.45, 2.75) is 64.8 Å². The number of para-hydroxylation sites is 1. The Bertz CT molecular complexity index is 1520. The van der Waals surface area contributed by atoms with Crippen LogP contribution in [0.3, 0.4) is 0 Å². The lowest BCUT2D eigenvalue weighted by Crippen LogP contribution is -2.62. The van der Waals surface area contributed by atoms with Gasteiger partial charge in [0, 0.05) is 41.3 Å². The van der Waals surface area contributed by atoms with Crippen molar-refractivity contribution in [1.82, 2.24) is 26.0 Å². The van der Waals surface area contributed by atoms with Gasteiger partial charge in [0.2, 0.25) is 5.91 Å². The standard InChI is InChI=1S/C34H43N5O6/c1-21-17-23(25-7-5-6-8-28(25)36-21)20-44-24-11-9-22(10-12-24)31(40)37-29-19-39(16-14-26(29)32(41)38-43)30-13-15-35-18-27(30)33(42)45-34(2,3)4/h5-12,17,26-27,29-30,35,43H,13-16,18-20H2,1-4H3,(H,37,40)(H,38,41)/t26-,27?,29+,30?/m0/s1. The van der Waals surface area contributed by atoms with Gasteiger partial charge in [0.05, 0.1) is 23.4 Å². The van der Waals surface area contributed by atoms with Crippen LogP contribution < -0.4 is 20.9 Å². The monoisotopic (exact) mass is 617 g/mol. The maximum atomic E-state index is 13.4. The number of amides is 2. The molecule has 0 bridgehead atoms. The van der Waals surface area contributed by atoms with Crippen molar-refractivity contribution in [3.8, 4) is 5.75 Å². The van der Waals surface area contributed by atoms with Crippen molar-refractivity contribution in [3.63, 3.8) is 0 Å². The molecule has 0 saturated carbocycles. The molecule has 11 nitrogen and oxygen atoms in total. The summed E-state index contributed by atoms with van der Waals surface area (Å²) in [5.41, 5.74) is 4.43. The number of hydrogen-bond acceptors (Lipinski definition) is 9. The number of aryl methyl sites for hydroxylation is 1. The summed E-state index contributed by atoms with van der Waals surface area (Å²) in [6.07, 6.45) is 1.15. The summed E-state index contributed by atoms with van der Waals surface area (Å²) in [5.74, 6) is -1.53. The highest BCUT2D eigenvalue weighted by atomic mass is 16.6. The molecule has 2 amide bonds. The Labute approximate surface area is 263 Å². The molecule has 0 aliphatic carbocycles. The van der Waals surface area contributed by atoms with Gasteiger partial charge in [-0.05, 0) is 90.0 Å². The third-order valence-corrected chi connectivity index (χ3v) is 8.47. The number of nitrogens with one attached hydrogen (secondary N) is 3. The fraction of sp³-hybridized carbons (Fsp3) is 0.471. The molecule has 4 atom stereocenters. The lowest BCUT2D eigenvalue weighted by Gasteiger charge is -2.45. The first-order valence-corrected chi connectivity index (χ1v) is 15.5. The normalized spacial score (nSPS) is 22.4. The molecule has 2 aromatic carbocycles. The average molecular weight is 618 g/mol. The van der Waals surface area contributed by atoms with Crippen LogP contribution in [0.25, 0.3) is 10.9 Å². The van der Waals surface area contributed by atoms with E-state index in [1.807, 2.05) is 58.0 Å². The molecule has 11 heteroatoms. The van der Waals surface area contributed by atoms with Gasteiger partial charge in [0.1, 0.15) is 18.0 Å². The number of pyridine rings is 1. The minimum atomic E-state index is -0.627. The lowest BCUT2D eigenvalue weighted by molar-refractivity contribution is -0.164. The maximum Gasteiger partial charge on any atom is 0.312 e. The molecule has 3 aromatic rings. The number of ether oxygens (including phenoxy) is 2. The van der Waals surface area contributed by atoms with Gasteiger partial charge in [-0.3, -0.25) is 29.5 Å². The zero-order chi connectivity index (χ0) is 32.1. The number of hydrogen-bond donors (Lipinski definition) is 4. The van der Waals surface area contributed by atoms with Gasteiger partial charge >= 0.3 is 5.97 Å². The van der Waals surface area contributed by atoms with E-state index in [4.69, 9.17) is 9.47 Å². The number of likely N-dealkylation sites (tertiary alicyclic amines) is 1. The first kappa shape index (κ1) is 32.3. The Kier molecular flexibility index (Phi) is 10.0. The van der Waals surface area contributed by atoms with Crippen molar-refractivity contribution in [2.24, 2.45) is 11.8 Å². The molecule has 5 rings (SSSR count). The number of esters is 1. The zero-order valence-electron chi connectivity index (χ0n) is 26.3. The molecule has 2 saturated heterocycles. The largest absolute Gasteiger partial charge is 0.489 e. The smallest absolute Gasteiger partial charge is 0.312 e. The van der Waals surface area contributed by atoms with Gasteiger partial charge in [-0.1, -0.05) is 18.2 Å². The van der Waals surface area contributed by atoms with Crippen LogP contribution in [0.4, 0.5) is 0 Å². The predicted octanol–water partition coefficient (Wildman–Crippen LogP) is 3.37. The highest BCUT2D eigenvalue weighted by Crippen LogP contribution is 2.28. The number of hydroxylamine groups is 1. The van der Waals surface area contributed by atoms with E-state index in [1.165, 1.54) is 0 Å². The van der Waals surface area contributed by atoms with E-state index in [2.05, 4.69) is 20.5 Å². The van der Waals surface area contributed by atoms with E-state index >= 15 is 0 Å². The number of nitrogens with zero attached hydrogens (tertiary/aromatic N) is 2. The van der Waals surface area contributed by atoms with E-state index < -0.39 is 23.5 Å². The highest BCUT2D eigenvalue weighted by molar-refractivity contribution is 5.95. The molecule has 2 aliphatic heterocycles. The van der Waals surface area contributed by atoms with Crippen LogP contribution in [0.5, 0.6) is 5.75 Å². The number of rotatable bonds is 8. The second-order valence-electron chi connectivity index (χ2n) is 12.9. The Morgan fingerprint density at radius 3 is 2.56 bits per heavy atom. The first-order chi connectivity index (χ1) is 21.5. The molecule has 3 heterocycles. The number of fused-ring (bicyclic) bond motifs is 1. The summed E-state index contributed by atoms with van der Waals surface area (Å²) in [6, 6.07) is 16.1. The summed E-state index contributed by atoms with van der Waals surface area (Å²) >= 11 is 0. The van der Waals surface area contributed by atoms with Gasteiger partial charge in [-0.15, -0.1) is 0 Å². The summed E-state index contributed by atoms with van der Waals surface area (Å²) < 4.78 is 11.8. The van der Waals surface area contributed by atoms with Crippen LogP contribution in [0.15, 0.2) is 54.6 Å². The van der Waals surface area contributed by atoms with Gasteiger partial charge in [0.15, 0.2) is 0 Å². The third-order valence-electron chi connectivity index (χ3n) is 8.47. The Morgan fingerprint density at radius 2 is 1.82 bits per heavy atom. The molecule has 2 unspecified atom stereocenters. The van der Waals surface area contributed by atoms with Crippen LogP contribution in [0.2, 0.25) is 0 Å². The Balaban J connectivity index is 1.25. The van der Waals surface area contributed by atoms with Gasteiger partial charge < -0.3 is 20.1 Å². The topological polar surface area (TPSA) is 142 Å². The fourth-order valence-electron chi connectivity index (χ4n) is 6.35. The zero-order valence-corrected chi connectivity index (χ0v) is 26.3. The van der Waals surface area contributed by atoms with Crippen molar-refractivity contribution < 1.29 is 29.1 Å². The molecule has 0 spiro atoms. The third kappa shape index (κ3) is 7.97. The van der Waals surface area contributed by atoms with Crippen molar-refractivity contribution >= 4 is 28.7 Å². The summed E-state index contributed by atoms with van der Waals surface area (Å²) in [7, 11) is 0. The van der Waals surface area contributed by atoms with Gasteiger partial charge in [0.25, 0.3) is 5.91 Å². The van der Waals surface area contributed by atoms with E-state index in [0.717, 1.165) is 35.1 Å². The van der Waals surface area contributed by atoms with Crippen molar-refractivity contribution in [1.29, 1.82) is 0 Å². The van der Waals surface area contributed by atoms with Gasteiger partial charge in [-0.2, -0.15) is 0 Å². The molecule has 2 fully saturated rings. The fourth-order valence-corrected chi connectivity index (χ4v) is 6.35. The van der Waals surface area contributed by atoms with Crippen LogP contribution in [0.1, 0.15) is 55.2 Å². The van der Waals surface area contributed by atoms with E-state index in [0.29, 0.717) is 44.0 Å². The lowest BCUT2D eigenvalue weighted by atomic mass is 9.85. The number of carbonyl (C=O) groups excluding carboxylic acids is 3. The second-order valence-corrected chi connectivity index (χ2v) is 12.9. The summed E-state index contributed by atoms with van der Waals surface area (Å²) in [6.45, 7) is 10.0. The molecule has 240 valence electrons. The average Bonchev–Trinajstić information content (AvgIpc) is 3.02. The minimum Gasteiger partial charge on any atom is -0.489 e. The van der Waals surface area contributed by atoms with E-state index in [9.17, 15) is 19.6 Å². The minimum absolute atomic E-state index is 0.101. The van der Waals surface area contributed by atoms with Crippen LogP contribution in [0, 0.1) is 18.8 Å². The highest BCUT2D eigenvalue weighted by Gasteiger charge is 2.42. The molecular formula is C34H43N5O6. The van der Waals surface area contributed by atoms with Crippen LogP contribution in [-0.4, -0.2) is 76.7 Å². The predicted molar refractivity (Wildman–Crippen MR) is 169 cm³/mol. The summed E-state index contributed by atoms with van der Waals surface area (Å²) in [5, 5.41) is 16.8. The van der Waals surface area contributed by atoms with Crippen molar-refractivity contribution in [3.05, 3.63) is 71.4 Å². The Morgan fingerprint density at radius 1 is 1.07 bits per heavy atom. The second kappa shape index (κ2) is 13.9. The van der Waals surface area contributed by atoms with E-state index in [1.54, 1.807) is 29.7 Å². The first-order valence-electron chi connectivity index (χ1n) is 15.5. The number of carbonyl (C=O) groups is 3. The number of piperidine rings is 2. The molecule has 4 N–H and O–H groups in total. The maximum absolute atomic E-state index is 13.4. The van der Waals surface area contributed by atoms with Gasteiger partial charge in [-0.25, -0.2) is 5.48 Å². The number of aromatic nitrogens is 1. The molecular weight excluding hydrogens is 574 g/mol. The number of benzene rings is 2. The Hall–Kier alpha value is -4.06. The van der Waals surface area contributed by atoms with Crippen molar-refractivity contribution in [2.75, 3.05) is 26.2 Å². The summed E-state index contributed by atoms with van der Waals surface area (Å²) in [4.78, 5) is 45.8. The SMILES string of the molecule is Cc1cc(COc2ccc(C(=O)N[C@@H]3CN(C4CCNCC4C(=O)OC(C)(C)C)CC[C@@H]3C(=O)NO)cc2)c2ccccc2n1.